The molecule has 88 valence electrons. The molecule has 4 heteroatoms. The van der Waals surface area contributed by atoms with Gasteiger partial charge in [-0.1, -0.05) is 13.0 Å². The van der Waals surface area contributed by atoms with Crippen molar-refractivity contribution in [1.82, 2.24) is 0 Å². The average Bonchev–Trinajstić information content (AvgIpc) is 2.22. The first-order chi connectivity index (χ1) is 7.45. The van der Waals surface area contributed by atoms with Crippen molar-refractivity contribution >= 4 is 5.97 Å². The Labute approximate surface area is 94.5 Å². The highest BCUT2D eigenvalue weighted by molar-refractivity contribution is 5.70. The first kappa shape index (κ1) is 12.4. The monoisotopic (exact) mass is 224 g/mol. The number of carbonyl (C=O) groups is 1. The predicted octanol–water partition coefficient (Wildman–Crippen LogP) is 1.97. The maximum absolute atomic E-state index is 10.7. The molecule has 0 bridgehead atoms. The summed E-state index contributed by atoms with van der Waals surface area (Å²) >= 11 is 0. The van der Waals surface area contributed by atoms with Gasteiger partial charge in [0, 0.05) is 0 Å². The van der Waals surface area contributed by atoms with E-state index < -0.39 is 11.9 Å². The molecule has 1 aromatic carbocycles. The smallest absolute Gasteiger partial charge is 0.306 e. The van der Waals surface area contributed by atoms with Crippen molar-refractivity contribution in [2.24, 2.45) is 5.92 Å². The van der Waals surface area contributed by atoms with Gasteiger partial charge in [0.05, 0.1) is 13.0 Å². The first-order valence-corrected chi connectivity index (χ1v) is 5.05. The van der Waals surface area contributed by atoms with Crippen LogP contribution >= 0.6 is 0 Å². The number of rotatable bonds is 4. The summed E-state index contributed by atoms with van der Waals surface area (Å²) in [4.78, 5) is 10.7. The number of hydrogen-bond donors (Lipinski definition) is 2. The zero-order chi connectivity index (χ0) is 12.3. The topological polar surface area (TPSA) is 66.8 Å². The molecule has 1 aromatic rings. The molecule has 1 rings (SSSR count). The van der Waals surface area contributed by atoms with E-state index >= 15 is 0 Å². The van der Waals surface area contributed by atoms with Gasteiger partial charge >= 0.3 is 5.97 Å². The molecule has 4 nitrogen and oxygen atoms in total. The minimum Gasteiger partial charge on any atom is -0.504 e. The Kier molecular flexibility index (Phi) is 3.77. The number of ether oxygens (including phenoxy) is 1. The molecule has 2 N–H and O–H groups in total. The van der Waals surface area contributed by atoms with Gasteiger partial charge in [0.25, 0.3) is 0 Å². The Bertz CT molecular complexity index is 398. The predicted molar refractivity (Wildman–Crippen MR) is 59.9 cm³/mol. The highest BCUT2D eigenvalue weighted by Crippen LogP contribution is 2.31. The third-order valence-electron chi connectivity index (χ3n) is 2.51. The molecule has 0 aliphatic heterocycles. The van der Waals surface area contributed by atoms with Gasteiger partial charge in [0.1, 0.15) is 0 Å². The van der Waals surface area contributed by atoms with Crippen LogP contribution in [-0.4, -0.2) is 23.3 Å². The summed E-state index contributed by atoms with van der Waals surface area (Å²) in [6, 6.07) is 3.44. The van der Waals surface area contributed by atoms with Crippen LogP contribution in [0.5, 0.6) is 11.5 Å². The SMILES string of the molecule is COc1cc(CC(C)C(=O)O)cc(C)c1O. The lowest BCUT2D eigenvalue weighted by Gasteiger charge is -2.11. The quantitative estimate of drug-likeness (QED) is 0.820. The molecule has 0 spiro atoms. The van der Waals surface area contributed by atoms with Gasteiger partial charge < -0.3 is 14.9 Å². The van der Waals surface area contributed by atoms with E-state index in [0.29, 0.717) is 17.7 Å². The van der Waals surface area contributed by atoms with Gasteiger partial charge in [0.15, 0.2) is 11.5 Å². The van der Waals surface area contributed by atoms with Crippen molar-refractivity contribution in [3.05, 3.63) is 23.3 Å². The number of aromatic hydroxyl groups is 1. The Morgan fingerprint density at radius 2 is 2.12 bits per heavy atom. The largest absolute Gasteiger partial charge is 0.504 e. The number of aliphatic carboxylic acids is 1. The van der Waals surface area contributed by atoms with Gasteiger partial charge in [-0.25, -0.2) is 0 Å². The molecule has 0 amide bonds. The van der Waals surface area contributed by atoms with E-state index in [1.165, 1.54) is 7.11 Å². The summed E-state index contributed by atoms with van der Waals surface area (Å²) < 4.78 is 5.01. The number of benzene rings is 1. The summed E-state index contributed by atoms with van der Waals surface area (Å²) in [5.41, 5.74) is 1.54. The maximum Gasteiger partial charge on any atom is 0.306 e. The van der Waals surface area contributed by atoms with Crippen LogP contribution in [0.25, 0.3) is 0 Å². The van der Waals surface area contributed by atoms with Gasteiger partial charge in [-0.3, -0.25) is 4.79 Å². The number of phenols is 1. The maximum atomic E-state index is 10.7. The molecule has 0 aliphatic rings. The van der Waals surface area contributed by atoms with E-state index in [9.17, 15) is 9.90 Å². The van der Waals surface area contributed by atoms with Crippen molar-refractivity contribution in [3.8, 4) is 11.5 Å². The number of methoxy groups -OCH3 is 1. The third-order valence-corrected chi connectivity index (χ3v) is 2.51. The van der Waals surface area contributed by atoms with E-state index in [1.807, 2.05) is 0 Å². The van der Waals surface area contributed by atoms with E-state index in [2.05, 4.69) is 0 Å². The number of carboxylic acids is 1. The van der Waals surface area contributed by atoms with Gasteiger partial charge in [0.2, 0.25) is 0 Å². The number of hydrogen-bond acceptors (Lipinski definition) is 3. The second-order valence-corrected chi connectivity index (χ2v) is 3.91. The first-order valence-electron chi connectivity index (χ1n) is 5.05. The molecule has 0 fully saturated rings. The second kappa shape index (κ2) is 4.88. The third kappa shape index (κ3) is 2.66. The van der Waals surface area contributed by atoms with Crippen LogP contribution in [0.4, 0.5) is 0 Å². The Balaban J connectivity index is 2.98. The van der Waals surface area contributed by atoms with E-state index in [1.54, 1.807) is 26.0 Å². The van der Waals surface area contributed by atoms with Crippen LogP contribution < -0.4 is 4.74 Å². The zero-order valence-corrected chi connectivity index (χ0v) is 9.65. The van der Waals surface area contributed by atoms with Crippen LogP contribution in [-0.2, 0) is 11.2 Å². The van der Waals surface area contributed by atoms with Crippen LogP contribution in [0.3, 0.4) is 0 Å². The van der Waals surface area contributed by atoms with Gasteiger partial charge in [-0.05, 0) is 30.5 Å². The lowest BCUT2D eigenvalue weighted by atomic mass is 9.99. The summed E-state index contributed by atoms with van der Waals surface area (Å²) in [6.07, 6.45) is 0.423. The molecule has 0 aliphatic carbocycles. The zero-order valence-electron chi connectivity index (χ0n) is 9.65. The van der Waals surface area contributed by atoms with Crippen molar-refractivity contribution in [2.75, 3.05) is 7.11 Å². The van der Waals surface area contributed by atoms with Crippen LogP contribution in [0, 0.1) is 12.8 Å². The fourth-order valence-corrected chi connectivity index (χ4v) is 1.53. The lowest BCUT2D eigenvalue weighted by molar-refractivity contribution is -0.141. The van der Waals surface area contributed by atoms with Crippen molar-refractivity contribution in [2.45, 2.75) is 20.3 Å². The molecule has 0 radical (unpaired) electrons. The fourth-order valence-electron chi connectivity index (χ4n) is 1.53. The number of carboxylic acid groups (broad SMARTS) is 1. The van der Waals surface area contributed by atoms with Crippen molar-refractivity contribution in [3.63, 3.8) is 0 Å². The van der Waals surface area contributed by atoms with Crippen LogP contribution in [0.15, 0.2) is 12.1 Å². The van der Waals surface area contributed by atoms with Crippen molar-refractivity contribution < 1.29 is 19.7 Å². The van der Waals surface area contributed by atoms with Crippen molar-refractivity contribution in [1.29, 1.82) is 0 Å². The standard InChI is InChI=1S/C12H16O4/c1-7-4-9(5-8(2)12(14)15)6-10(16-3)11(7)13/h4,6,8,13H,5H2,1-3H3,(H,14,15). The van der Waals surface area contributed by atoms with E-state index in [-0.39, 0.29) is 5.75 Å². The number of phenolic OH excluding ortho intramolecular Hbond substituents is 1. The summed E-state index contributed by atoms with van der Waals surface area (Å²) in [5, 5.41) is 18.4. The molecule has 0 saturated carbocycles. The minimum absolute atomic E-state index is 0.106. The Morgan fingerprint density at radius 1 is 1.50 bits per heavy atom. The Hall–Kier alpha value is -1.71. The molecule has 1 unspecified atom stereocenters. The molecule has 0 saturated heterocycles. The molecule has 16 heavy (non-hydrogen) atoms. The highest BCUT2D eigenvalue weighted by Gasteiger charge is 2.14. The average molecular weight is 224 g/mol. The number of aryl methyl sites for hydroxylation is 1. The summed E-state index contributed by atoms with van der Waals surface area (Å²) in [5.74, 6) is -0.792. The molecule has 0 heterocycles. The minimum atomic E-state index is -0.829. The molecule has 1 atom stereocenters. The van der Waals surface area contributed by atoms with Crippen LogP contribution in [0.2, 0.25) is 0 Å². The van der Waals surface area contributed by atoms with Gasteiger partial charge in [-0.15, -0.1) is 0 Å². The van der Waals surface area contributed by atoms with Gasteiger partial charge in [-0.2, -0.15) is 0 Å². The van der Waals surface area contributed by atoms with Crippen LogP contribution in [0.1, 0.15) is 18.1 Å². The highest BCUT2D eigenvalue weighted by atomic mass is 16.5. The van der Waals surface area contributed by atoms with E-state index in [0.717, 1.165) is 5.56 Å². The normalized spacial score (nSPS) is 12.2. The Morgan fingerprint density at radius 3 is 2.62 bits per heavy atom. The summed E-state index contributed by atoms with van der Waals surface area (Å²) in [7, 11) is 1.47. The molecular weight excluding hydrogens is 208 g/mol. The lowest BCUT2D eigenvalue weighted by Crippen LogP contribution is -2.12. The summed E-state index contributed by atoms with van der Waals surface area (Å²) in [6.45, 7) is 3.41. The van der Waals surface area contributed by atoms with E-state index in [4.69, 9.17) is 9.84 Å². The molecular formula is C12H16O4. The molecule has 0 aromatic heterocycles. The fraction of sp³-hybridized carbons (Fsp3) is 0.417. The second-order valence-electron chi connectivity index (χ2n) is 3.91.